The fraction of sp³-hybridized carbons (Fsp3) is 0.286. The lowest BCUT2D eigenvalue weighted by molar-refractivity contribution is -0.117. The summed E-state index contributed by atoms with van der Waals surface area (Å²) in [4.78, 5) is 16.4. The smallest absolute Gasteiger partial charge is 0.242 e. The number of carbonyl (C=O) groups excluding carboxylic acids is 1. The minimum Gasteiger partial charge on any atom is -0.309 e. The second kappa shape index (κ2) is 6.32. The van der Waals surface area contributed by atoms with Gasteiger partial charge in [-0.05, 0) is 31.5 Å². The van der Waals surface area contributed by atoms with E-state index in [1.54, 1.807) is 12.1 Å². The minimum atomic E-state index is -0.111. The summed E-state index contributed by atoms with van der Waals surface area (Å²) in [6.07, 6.45) is 1.90. The Hall–Kier alpha value is -1.14. The van der Waals surface area contributed by atoms with E-state index in [1.807, 2.05) is 11.4 Å². The number of carbonyl (C=O) groups is 1. The number of benzene rings is 1. The molecule has 21 heavy (non-hydrogen) atoms. The predicted octanol–water partition coefficient (Wildman–Crippen LogP) is 3.81. The molecule has 1 amide bonds. The first kappa shape index (κ1) is 14.8. The molecule has 0 bridgehead atoms. The van der Waals surface area contributed by atoms with Gasteiger partial charge < -0.3 is 10.6 Å². The molecule has 2 aromatic rings. The molecule has 1 atom stereocenters. The van der Waals surface area contributed by atoms with Crippen molar-refractivity contribution in [3.63, 3.8) is 0 Å². The average Bonchev–Trinajstić information content (AvgIpc) is 3.12. The van der Waals surface area contributed by atoms with Gasteiger partial charge in [0.25, 0.3) is 0 Å². The first-order valence-corrected chi connectivity index (χ1v) is 8.22. The van der Waals surface area contributed by atoms with E-state index in [1.165, 1.54) is 11.3 Å². The third kappa shape index (κ3) is 3.37. The van der Waals surface area contributed by atoms with Gasteiger partial charge >= 0.3 is 0 Å². The predicted molar refractivity (Wildman–Crippen MR) is 87.2 cm³/mol. The third-order valence-electron chi connectivity index (χ3n) is 3.30. The SMILES string of the molecule is O=C(Nc1csc(-c2ccc(Cl)c(Cl)c2)n1)C1CCCN1. The molecule has 1 aromatic carbocycles. The van der Waals surface area contributed by atoms with Crippen LogP contribution >= 0.6 is 34.5 Å². The number of hydrogen-bond donors (Lipinski definition) is 2. The van der Waals surface area contributed by atoms with Crippen LogP contribution in [0.5, 0.6) is 0 Å². The Morgan fingerprint density at radius 1 is 1.38 bits per heavy atom. The largest absolute Gasteiger partial charge is 0.309 e. The first-order valence-electron chi connectivity index (χ1n) is 6.58. The summed E-state index contributed by atoms with van der Waals surface area (Å²) in [5.74, 6) is 0.540. The molecular weight excluding hydrogens is 329 g/mol. The molecule has 1 saturated heterocycles. The highest BCUT2D eigenvalue weighted by atomic mass is 35.5. The summed E-state index contributed by atoms with van der Waals surface area (Å²) >= 11 is 13.4. The Kier molecular flexibility index (Phi) is 4.45. The van der Waals surface area contributed by atoms with Gasteiger partial charge in [-0.15, -0.1) is 11.3 Å². The topological polar surface area (TPSA) is 54.0 Å². The van der Waals surface area contributed by atoms with Crippen molar-refractivity contribution in [2.75, 3.05) is 11.9 Å². The fourth-order valence-corrected chi connectivity index (χ4v) is 3.26. The van der Waals surface area contributed by atoms with E-state index in [0.29, 0.717) is 15.9 Å². The number of rotatable bonds is 3. The van der Waals surface area contributed by atoms with E-state index >= 15 is 0 Å². The molecule has 3 rings (SSSR count). The number of anilines is 1. The number of nitrogens with one attached hydrogen (secondary N) is 2. The van der Waals surface area contributed by atoms with Crippen LogP contribution in [0.4, 0.5) is 5.82 Å². The van der Waals surface area contributed by atoms with Crippen LogP contribution in [0.1, 0.15) is 12.8 Å². The molecule has 0 radical (unpaired) electrons. The minimum absolute atomic E-state index is 0.0292. The van der Waals surface area contributed by atoms with E-state index in [0.717, 1.165) is 30.0 Å². The Balaban J connectivity index is 1.73. The number of hydrogen-bond acceptors (Lipinski definition) is 4. The van der Waals surface area contributed by atoms with Crippen LogP contribution < -0.4 is 10.6 Å². The number of amides is 1. The zero-order chi connectivity index (χ0) is 14.8. The Morgan fingerprint density at radius 3 is 2.95 bits per heavy atom. The van der Waals surface area contributed by atoms with Gasteiger partial charge in [-0.25, -0.2) is 4.98 Å². The van der Waals surface area contributed by atoms with Crippen molar-refractivity contribution in [1.82, 2.24) is 10.3 Å². The molecule has 2 N–H and O–H groups in total. The zero-order valence-corrected chi connectivity index (χ0v) is 13.4. The van der Waals surface area contributed by atoms with Crippen LogP contribution in [0.25, 0.3) is 10.6 Å². The van der Waals surface area contributed by atoms with Crippen LogP contribution in [0.2, 0.25) is 10.0 Å². The first-order chi connectivity index (χ1) is 10.1. The van der Waals surface area contributed by atoms with Crippen LogP contribution in [0, 0.1) is 0 Å². The van der Waals surface area contributed by atoms with E-state index in [9.17, 15) is 4.79 Å². The van der Waals surface area contributed by atoms with E-state index in [-0.39, 0.29) is 11.9 Å². The molecule has 1 aliphatic heterocycles. The second-order valence-electron chi connectivity index (χ2n) is 4.80. The molecule has 1 aromatic heterocycles. The van der Waals surface area contributed by atoms with Crippen LogP contribution in [-0.2, 0) is 4.79 Å². The lowest BCUT2D eigenvalue weighted by Gasteiger charge is -2.08. The van der Waals surface area contributed by atoms with Gasteiger partial charge in [-0.1, -0.05) is 29.3 Å². The fourth-order valence-electron chi connectivity index (χ4n) is 2.21. The molecule has 0 spiro atoms. The average molecular weight is 342 g/mol. The van der Waals surface area contributed by atoms with Crippen molar-refractivity contribution in [2.45, 2.75) is 18.9 Å². The van der Waals surface area contributed by atoms with Crippen molar-refractivity contribution in [3.05, 3.63) is 33.6 Å². The van der Waals surface area contributed by atoms with E-state index in [2.05, 4.69) is 15.6 Å². The highest BCUT2D eigenvalue weighted by molar-refractivity contribution is 7.13. The maximum Gasteiger partial charge on any atom is 0.242 e. The summed E-state index contributed by atoms with van der Waals surface area (Å²) in [5.41, 5.74) is 0.883. The van der Waals surface area contributed by atoms with Gasteiger partial charge in [0.05, 0.1) is 16.1 Å². The van der Waals surface area contributed by atoms with E-state index in [4.69, 9.17) is 23.2 Å². The van der Waals surface area contributed by atoms with Gasteiger partial charge in [0, 0.05) is 10.9 Å². The Morgan fingerprint density at radius 2 is 2.24 bits per heavy atom. The summed E-state index contributed by atoms with van der Waals surface area (Å²) in [6.45, 7) is 0.893. The standard InChI is InChI=1S/C14H13Cl2N3OS/c15-9-4-3-8(6-10(9)16)14-19-12(7-21-14)18-13(20)11-2-1-5-17-11/h3-4,6-7,11,17H,1-2,5H2,(H,18,20). The highest BCUT2D eigenvalue weighted by Crippen LogP contribution is 2.31. The monoisotopic (exact) mass is 341 g/mol. The molecule has 1 aliphatic rings. The highest BCUT2D eigenvalue weighted by Gasteiger charge is 2.22. The van der Waals surface area contributed by atoms with Gasteiger partial charge in [-0.3, -0.25) is 4.79 Å². The molecule has 0 saturated carbocycles. The third-order valence-corrected chi connectivity index (χ3v) is 4.93. The quantitative estimate of drug-likeness (QED) is 0.892. The van der Waals surface area contributed by atoms with Crippen molar-refractivity contribution < 1.29 is 4.79 Å². The maximum atomic E-state index is 12.0. The number of thiazole rings is 1. The number of aromatic nitrogens is 1. The van der Waals surface area contributed by atoms with Gasteiger partial charge in [-0.2, -0.15) is 0 Å². The summed E-state index contributed by atoms with van der Waals surface area (Å²) in [5, 5.41) is 9.62. The molecule has 0 aliphatic carbocycles. The maximum absolute atomic E-state index is 12.0. The summed E-state index contributed by atoms with van der Waals surface area (Å²) in [6, 6.07) is 5.26. The Labute approximate surface area is 136 Å². The van der Waals surface area contributed by atoms with Crippen LogP contribution in [0.3, 0.4) is 0 Å². The molecule has 110 valence electrons. The van der Waals surface area contributed by atoms with Crippen molar-refractivity contribution >= 4 is 46.3 Å². The van der Waals surface area contributed by atoms with E-state index < -0.39 is 0 Å². The lowest BCUT2D eigenvalue weighted by Crippen LogP contribution is -2.35. The molecule has 7 heteroatoms. The van der Waals surface area contributed by atoms with Crippen LogP contribution in [0.15, 0.2) is 23.6 Å². The number of halogens is 2. The lowest BCUT2D eigenvalue weighted by atomic mass is 10.2. The molecule has 4 nitrogen and oxygen atoms in total. The summed E-state index contributed by atoms with van der Waals surface area (Å²) in [7, 11) is 0. The van der Waals surface area contributed by atoms with Gasteiger partial charge in [0.1, 0.15) is 10.8 Å². The number of nitrogens with zero attached hydrogens (tertiary/aromatic N) is 1. The summed E-state index contributed by atoms with van der Waals surface area (Å²) < 4.78 is 0. The molecule has 1 unspecified atom stereocenters. The molecular formula is C14H13Cl2N3OS. The Bertz CT molecular complexity index is 668. The van der Waals surface area contributed by atoms with Gasteiger partial charge in [0.15, 0.2) is 0 Å². The molecule has 1 fully saturated rings. The van der Waals surface area contributed by atoms with Crippen molar-refractivity contribution in [1.29, 1.82) is 0 Å². The molecule has 2 heterocycles. The van der Waals surface area contributed by atoms with Crippen molar-refractivity contribution in [2.24, 2.45) is 0 Å². The van der Waals surface area contributed by atoms with Gasteiger partial charge in [0.2, 0.25) is 5.91 Å². The van der Waals surface area contributed by atoms with Crippen LogP contribution in [-0.4, -0.2) is 23.5 Å². The van der Waals surface area contributed by atoms with Crippen molar-refractivity contribution in [3.8, 4) is 10.6 Å². The second-order valence-corrected chi connectivity index (χ2v) is 6.48. The zero-order valence-electron chi connectivity index (χ0n) is 11.0. The normalized spacial score (nSPS) is 17.9.